The first-order valence-electron chi connectivity index (χ1n) is 8.22. The van der Waals surface area contributed by atoms with Crippen molar-refractivity contribution in [1.29, 1.82) is 0 Å². The standard InChI is InChI=1S/C21H15N3O.H2O/c1-13(25)24-18-12-5-4-10-17(18)19-21(24)23-20(22-19)16-11-6-8-14-7-2-3-9-15(14)16;/h2-12H,1H3,(H,22,23);1H2. The first-order chi connectivity index (χ1) is 12.2. The molecule has 0 amide bonds. The van der Waals surface area contributed by atoms with E-state index in [1.165, 1.54) is 5.39 Å². The average Bonchev–Trinajstić information content (AvgIpc) is 3.18. The van der Waals surface area contributed by atoms with E-state index in [0.717, 1.165) is 33.2 Å². The summed E-state index contributed by atoms with van der Waals surface area (Å²) >= 11 is 0. The predicted octanol–water partition coefficient (Wildman–Crippen LogP) is 4.17. The molecule has 0 aliphatic rings. The maximum absolute atomic E-state index is 12.2. The van der Waals surface area contributed by atoms with Crippen molar-refractivity contribution in [2.75, 3.05) is 0 Å². The van der Waals surface area contributed by atoms with Crippen LogP contribution < -0.4 is 0 Å². The maximum atomic E-state index is 12.2. The number of aromatic amines is 1. The van der Waals surface area contributed by atoms with E-state index in [-0.39, 0.29) is 11.4 Å². The lowest BCUT2D eigenvalue weighted by Crippen LogP contribution is -2.05. The van der Waals surface area contributed by atoms with Crippen LogP contribution in [0, 0.1) is 0 Å². The molecule has 0 unspecified atom stereocenters. The highest BCUT2D eigenvalue weighted by molar-refractivity contribution is 6.11. The Morgan fingerprint density at radius 2 is 1.62 bits per heavy atom. The lowest BCUT2D eigenvalue weighted by atomic mass is 10.0. The zero-order valence-corrected chi connectivity index (χ0v) is 14.2. The molecule has 2 aromatic heterocycles. The molecule has 0 radical (unpaired) electrons. The van der Waals surface area contributed by atoms with Gasteiger partial charge in [-0.1, -0.05) is 60.7 Å². The van der Waals surface area contributed by atoms with Crippen LogP contribution in [0.1, 0.15) is 11.7 Å². The number of fused-ring (bicyclic) bond motifs is 4. The van der Waals surface area contributed by atoms with Gasteiger partial charge in [-0.2, -0.15) is 0 Å². The molecular weight excluding hydrogens is 326 g/mol. The SMILES string of the molecule is CC(=O)n1c2ccccc2c2[nH]c(-c3cccc4ccccc34)nc21.O. The van der Waals surface area contributed by atoms with Gasteiger partial charge in [0.15, 0.2) is 5.65 Å². The lowest BCUT2D eigenvalue weighted by Gasteiger charge is -2.04. The van der Waals surface area contributed by atoms with Gasteiger partial charge in [0, 0.05) is 17.9 Å². The summed E-state index contributed by atoms with van der Waals surface area (Å²) in [5.41, 5.74) is 3.49. The summed E-state index contributed by atoms with van der Waals surface area (Å²) < 4.78 is 1.68. The van der Waals surface area contributed by atoms with Gasteiger partial charge >= 0.3 is 0 Å². The van der Waals surface area contributed by atoms with E-state index in [9.17, 15) is 4.79 Å². The quantitative estimate of drug-likeness (QED) is 0.495. The van der Waals surface area contributed by atoms with Crippen molar-refractivity contribution in [3.05, 3.63) is 66.7 Å². The summed E-state index contributed by atoms with van der Waals surface area (Å²) in [4.78, 5) is 20.4. The van der Waals surface area contributed by atoms with Crippen molar-refractivity contribution in [2.24, 2.45) is 0 Å². The van der Waals surface area contributed by atoms with E-state index in [1.54, 1.807) is 11.5 Å². The second kappa shape index (κ2) is 5.82. The van der Waals surface area contributed by atoms with Gasteiger partial charge in [-0.05, 0) is 16.8 Å². The minimum atomic E-state index is -0.0397. The van der Waals surface area contributed by atoms with E-state index in [1.807, 2.05) is 42.5 Å². The number of nitrogens with one attached hydrogen (secondary N) is 1. The van der Waals surface area contributed by atoms with Crippen LogP contribution in [0.25, 0.3) is 44.2 Å². The van der Waals surface area contributed by atoms with Crippen molar-refractivity contribution >= 4 is 38.7 Å². The van der Waals surface area contributed by atoms with Gasteiger partial charge in [-0.3, -0.25) is 9.36 Å². The van der Waals surface area contributed by atoms with Gasteiger partial charge < -0.3 is 10.5 Å². The molecule has 0 spiro atoms. The normalized spacial score (nSPS) is 11.1. The number of rotatable bonds is 1. The molecule has 26 heavy (non-hydrogen) atoms. The predicted molar refractivity (Wildman–Crippen MR) is 104 cm³/mol. The monoisotopic (exact) mass is 343 g/mol. The molecule has 128 valence electrons. The fourth-order valence-electron chi connectivity index (χ4n) is 3.59. The Labute approximate surface area is 149 Å². The molecule has 0 saturated heterocycles. The van der Waals surface area contributed by atoms with Crippen LogP contribution in [0.2, 0.25) is 0 Å². The van der Waals surface area contributed by atoms with Gasteiger partial charge in [0.2, 0.25) is 5.91 Å². The summed E-state index contributed by atoms with van der Waals surface area (Å²) in [6.45, 7) is 1.57. The number of H-pyrrole nitrogens is 1. The minimum Gasteiger partial charge on any atom is -0.412 e. The zero-order valence-electron chi connectivity index (χ0n) is 14.2. The second-order valence-electron chi connectivity index (χ2n) is 6.18. The molecule has 5 rings (SSSR count). The maximum Gasteiger partial charge on any atom is 0.229 e. The third kappa shape index (κ3) is 2.14. The Morgan fingerprint density at radius 1 is 0.923 bits per heavy atom. The fourth-order valence-corrected chi connectivity index (χ4v) is 3.59. The third-order valence-electron chi connectivity index (χ3n) is 4.67. The molecule has 0 bridgehead atoms. The van der Waals surface area contributed by atoms with Crippen LogP contribution in [0.4, 0.5) is 0 Å². The highest BCUT2D eigenvalue weighted by Gasteiger charge is 2.18. The topological polar surface area (TPSA) is 82.2 Å². The number of hydrogen-bond donors (Lipinski definition) is 1. The highest BCUT2D eigenvalue weighted by Crippen LogP contribution is 2.32. The van der Waals surface area contributed by atoms with Gasteiger partial charge in [-0.25, -0.2) is 4.98 Å². The Hall–Kier alpha value is -3.44. The summed E-state index contributed by atoms with van der Waals surface area (Å²) in [6.07, 6.45) is 0. The van der Waals surface area contributed by atoms with Crippen molar-refractivity contribution in [3.63, 3.8) is 0 Å². The van der Waals surface area contributed by atoms with Crippen LogP contribution in [0.3, 0.4) is 0 Å². The molecule has 0 aliphatic carbocycles. The van der Waals surface area contributed by atoms with Crippen molar-refractivity contribution in [2.45, 2.75) is 6.92 Å². The highest BCUT2D eigenvalue weighted by atomic mass is 16.1. The Morgan fingerprint density at radius 3 is 2.42 bits per heavy atom. The largest absolute Gasteiger partial charge is 0.412 e. The van der Waals surface area contributed by atoms with Gasteiger partial charge in [-0.15, -0.1) is 0 Å². The van der Waals surface area contributed by atoms with Gasteiger partial charge in [0.25, 0.3) is 0 Å². The van der Waals surface area contributed by atoms with E-state index in [4.69, 9.17) is 4.98 Å². The fraction of sp³-hybridized carbons (Fsp3) is 0.0476. The van der Waals surface area contributed by atoms with Crippen molar-refractivity contribution in [1.82, 2.24) is 14.5 Å². The molecule has 3 N–H and O–H groups in total. The number of imidazole rings is 1. The Bertz CT molecular complexity index is 1280. The minimum absolute atomic E-state index is 0. The number of hydrogen-bond acceptors (Lipinski definition) is 2. The first-order valence-corrected chi connectivity index (χ1v) is 8.22. The van der Waals surface area contributed by atoms with Crippen LogP contribution in [0.5, 0.6) is 0 Å². The van der Waals surface area contributed by atoms with E-state index in [2.05, 4.69) is 29.2 Å². The zero-order chi connectivity index (χ0) is 17.0. The van der Waals surface area contributed by atoms with Gasteiger partial charge in [0.1, 0.15) is 5.82 Å². The second-order valence-corrected chi connectivity index (χ2v) is 6.18. The van der Waals surface area contributed by atoms with E-state index >= 15 is 0 Å². The van der Waals surface area contributed by atoms with E-state index < -0.39 is 0 Å². The summed E-state index contributed by atoms with van der Waals surface area (Å²) in [5.74, 6) is 0.740. The van der Waals surface area contributed by atoms with Crippen LogP contribution >= 0.6 is 0 Å². The number of carbonyl (C=O) groups excluding carboxylic acids is 1. The molecule has 0 fully saturated rings. The van der Waals surface area contributed by atoms with Crippen LogP contribution in [0.15, 0.2) is 66.7 Å². The first kappa shape index (κ1) is 16.1. The average molecular weight is 343 g/mol. The van der Waals surface area contributed by atoms with Crippen LogP contribution in [-0.2, 0) is 0 Å². The third-order valence-corrected chi connectivity index (χ3v) is 4.67. The van der Waals surface area contributed by atoms with Crippen LogP contribution in [-0.4, -0.2) is 25.9 Å². The van der Waals surface area contributed by atoms with E-state index in [0.29, 0.717) is 5.65 Å². The molecule has 0 atom stereocenters. The number of aromatic nitrogens is 3. The molecule has 5 nitrogen and oxygen atoms in total. The van der Waals surface area contributed by atoms with Crippen molar-refractivity contribution < 1.29 is 10.3 Å². The summed E-state index contributed by atoms with van der Waals surface area (Å²) in [7, 11) is 0. The molecule has 2 heterocycles. The van der Waals surface area contributed by atoms with Gasteiger partial charge in [0.05, 0.1) is 11.0 Å². The smallest absolute Gasteiger partial charge is 0.229 e. The number of carbonyl (C=O) groups is 1. The van der Waals surface area contributed by atoms with Crippen molar-refractivity contribution in [3.8, 4) is 11.4 Å². The molecular formula is C21H17N3O2. The number of benzene rings is 3. The molecule has 5 aromatic rings. The Balaban J connectivity index is 0.00000168. The lowest BCUT2D eigenvalue weighted by molar-refractivity contribution is 0.0946. The number of para-hydroxylation sites is 1. The molecule has 0 aliphatic heterocycles. The summed E-state index contributed by atoms with van der Waals surface area (Å²) in [6, 6.07) is 22.3. The molecule has 5 heteroatoms. The molecule has 0 saturated carbocycles. The summed E-state index contributed by atoms with van der Waals surface area (Å²) in [5, 5.41) is 3.31. The Kier molecular flexibility index (Phi) is 3.60. The number of nitrogens with zero attached hydrogens (tertiary/aromatic N) is 2. The molecule has 3 aromatic carbocycles.